The predicted molar refractivity (Wildman–Crippen MR) is 95.6 cm³/mol. The van der Waals surface area contributed by atoms with Crippen molar-refractivity contribution < 1.29 is 14.3 Å². The van der Waals surface area contributed by atoms with Crippen LogP contribution >= 0.6 is 0 Å². The second-order valence-corrected chi connectivity index (χ2v) is 7.62. The van der Waals surface area contributed by atoms with Crippen molar-refractivity contribution in [2.45, 2.75) is 57.5 Å². The van der Waals surface area contributed by atoms with Gasteiger partial charge in [-0.2, -0.15) is 0 Å². The Labute approximate surface area is 149 Å². The summed E-state index contributed by atoms with van der Waals surface area (Å²) in [6.07, 6.45) is 7.86. The largest absolute Gasteiger partial charge is 0.454 e. The summed E-state index contributed by atoms with van der Waals surface area (Å²) in [5, 5.41) is 3.26. The Morgan fingerprint density at radius 1 is 1.12 bits per heavy atom. The minimum absolute atomic E-state index is 0.261. The highest BCUT2D eigenvalue weighted by Crippen LogP contribution is 2.36. The first kappa shape index (κ1) is 16.7. The van der Waals surface area contributed by atoms with Crippen molar-refractivity contribution in [1.29, 1.82) is 0 Å². The number of nitrogens with one attached hydrogen (secondary N) is 1. The molecule has 1 amide bonds. The number of hydrogen-bond acceptors (Lipinski definition) is 4. The Balaban J connectivity index is 1.23. The molecule has 1 aromatic carbocycles. The van der Waals surface area contributed by atoms with Crippen LogP contribution in [-0.4, -0.2) is 36.7 Å². The molecule has 3 aliphatic rings. The van der Waals surface area contributed by atoms with E-state index in [1.54, 1.807) is 0 Å². The lowest BCUT2D eigenvalue weighted by Crippen LogP contribution is -2.44. The molecular weight excluding hydrogens is 316 g/mol. The van der Waals surface area contributed by atoms with E-state index in [1.807, 2.05) is 12.1 Å². The number of piperidine rings is 1. The van der Waals surface area contributed by atoms with Crippen LogP contribution in [0.4, 0.5) is 0 Å². The number of amides is 1. The maximum atomic E-state index is 12.2. The van der Waals surface area contributed by atoms with Gasteiger partial charge in [0, 0.05) is 37.7 Å². The molecule has 0 unspecified atom stereocenters. The molecule has 1 N–H and O–H groups in total. The second-order valence-electron chi connectivity index (χ2n) is 7.62. The highest BCUT2D eigenvalue weighted by Gasteiger charge is 2.25. The van der Waals surface area contributed by atoms with Gasteiger partial charge in [-0.05, 0) is 37.7 Å². The third-order valence-electron chi connectivity index (χ3n) is 5.77. The molecule has 1 saturated carbocycles. The molecule has 0 bridgehead atoms. The predicted octanol–water partition coefficient (Wildman–Crippen LogP) is 3.08. The highest BCUT2D eigenvalue weighted by molar-refractivity contribution is 5.76. The minimum Gasteiger partial charge on any atom is -0.454 e. The van der Waals surface area contributed by atoms with Crippen molar-refractivity contribution in [2.75, 3.05) is 19.9 Å². The van der Waals surface area contributed by atoms with E-state index in [4.69, 9.17) is 9.47 Å². The van der Waals surface area contributed by atoms with Gasteiger partial charge in [0.05, 0.1) is 0 Å². The minimum atomic E-state index is 0.261. The van der Waals surface area contributed by atoms with Gasteiger partial charge < -0.3 is 14.8 Å². The Morgan fingerprint density at radius 2 is 1.92 bits per heavy atom. The first-order valence-electron chi connectivity index (χ1n) is 9.67. The molecule has 0 atom stereocenters. The molecule has 2 heterocycles. The molecule has 25 heavy (non-hydrogen) atoms. The zero-order chi connectivity index (χ0) is 17.1. The lowest BCUT2D eigenvalue weighted by atomic mass is 10.0. The van der Waals surface area contributed by atoms with Crippen molar-refractivity contribution in [1.82, 2.24) is 10.2 Å². The summed E-state index contributed by atoms with van der Waals surface area (Å²) < 4.78 is 11.1. The third-order valence-corrected chi connectivity index (χ3v) is 5.77. The van der Waals surface area contributed by atoms with Crippen LogP contribution in [0.1, 0.15) is 50.5 Å². The van der Waals surface area contributed by atoms with Crippen LogP contribution in [-0.2, 0) is 11.3 Å². The van der Waals surface area contributed by atoms with Crippen molar-refractivity contribution in [3.63, 3.8) is 0 Å². The number of nitrogens with zero attached hydrogens (tertiary/aromatic N) is 1. The van der Waals surface area contributed by atoms with Gasteiger partial charge in [-0.1, -0.05) is 25.0 Å². The van der Waals surface area contributed by atoms with E-state index < -0.39 is 0 Å². The van der Waals surface area contributed by atoms with E-state index >= 15 is 0 Å². The monoisotopic (exact) mass is 344 g/mol. The summed E-state index contributed by atoms with van der Waals surface area (Å²) >= 11 is 0. The fraction of sp³-hybridized carbons (Fsp3) is 0.650. The van der Waals surface area contributed by atoms with Crippen molar-refractivity contribution >= 4 is 5.91 Å². The number of carbonyl (C=O) groups is 1. The molecule has 1 aromatic rings. The van der Waals surface area contributed by atoms with E-state index in [-0.39, 0.29) is 5.91 Å². The number of likely N-dealkylation sites (tertiary alicyclic amines) is 1. The van der Waals surface area contributed by atoms with Gasteiger partial charge in [0.1, 0.15) is 0 Å². The highest BCUT2D eigenvalue weighted by atomic mass is 16.7. The van der Waals surface area contributed by atoms with Crippen molar-refractivity contribution in [3.05, 3.63) is 23.8 Å². The molecule has 0 radical (unpaired) electrons. The molecule has 0 aromatic heterocycles. The number of carbonyl (C=O) groups excluding carboxylic acids is 1. The standard InChI is InChI=1S/C20H28N2O3/c23-19(12-15-4-1-2-5-15)21-17-8-10-22(11-9-17)13-16-6-3-7-18-20(16)25-14-24-18/h3,6-7,15,17H,1-2,4-5,8-14H2,(H,21,23). The number of benzene rings is 1. The van der Waals surface area contributed by atoms with Crippen LogP contribution in [0, 0.1) is 5.92 Å². The first-order chi connectivity index (χ1) is 12.3. The van der Waals surface area contributed by atoms with E-state index in [9.17, 15) is 4.79 Å². The maximum absolute atomic E-state index is 12.2. The van der Waals surface area contributed by atoms with Gasteiger partial charge in [-0.15, -0.1) is 0 Å². The van der Waals surface area contributed by atoms with E-state index in [1.165, 1.54) is 31.2 Å². The summed E-state index contributed by atoms with van der Waals surface area (Å²) in [5.41, 5.74) is 1.19. The Morgan fingerprint density at radius 3 is 2.72 bits per heavy atom. The van der Waals surface area contributed by atoms with Gasteiger partial charge in [0.25, 0.3) is 0 Å². The molecule has 4 rings (SSSR count). The molecule has 5 heteroatoms. The average Bonchev–Trinajstić information content (AvgIpc) is 3.28. The second kappa shape index (κ2) is 7.65. The van der Waals surface area contributed by atoms with Crippen LogP contribution in [0.5, 0.6) is 11.5 Å². The number of para-hydroxylation sites is 1. The first-order valence-corrected chi connectivity index (χ1v) is 9.67. The lowest BCUT2D eigenvalue weighted by molar-refractivity contribution is -0.123. The normalized spacial score (nSPS) is 21.6. The topological polar surface area (TPSA) is 50.8 Å². The summed E-state index contributed by atoms with van der Waals surface area (Å²) in [7, 11) is 0. The van der Waals surface area contributed by atoms with Gasteiger partial charge in [0.15, 0.2) is 11.5 Å². The summed E-state index contributed by atoms with van der Waals surface area (Å²) in [4.78, 5) is 14.7. The van der Waals surface area contributed by atoms with Crippen LogP contribution in [0.2, 0.25) is 0 Å². The molecule has 1 aliphatic carbocycles. The molecule has 5 nitrogen and oxygen atoms in total. The fourth-order valence-electron chi connectivity index (χ4n) is 4.35. The quantitative estimate of drug-likeness (QED) is 0.892. The van der Waals surface area contributed by atoms with Gasteiger partial charge in [0.2, 0.25) is 12.7 Å². The molecule has 136 valence electrons. The number of fused-ring (bicyclic) bond motifs is 1. The van der Waals surface area contributed by atoms with Crippen LogP contribution in [0.25, 0.3) is 0 Å². The SMILES string of the molecule is O=C(CC1CCCC1)NC1CCN(Cc2cccc3c2OCO3)CC1. The van der Waals surface area contributed by atoms with Gasteiger partial charge >= 0.3 is 0 Å². The Kier molecular flexibility index (Phi) is 5.11. The van der Waals surface area contributed by atoms with E-state index in [0.29, 0.717) is 18.8 Å². The molecule has 2 aliphatic heterocycles. The van der Waals surface area contributed by atoms with Crippen molar-refractivity contribution in [2.24, 2.45) is 5.92 Å². The summed E-state index contributed by atoms with van der Waals surface area (Å²) in [5.74, 6) is 2.64. The molecule has 0 spiro atoms. The fourth-order valence-corrected chi connectivity index (χ4v) is 4.35. The van der Waals surface area contributed by atoms with Crippen LogP contribution < -0.4 is 14.8 Å². The molecular formula is C20H28N2O3. The molecule has 1 saturated heterocycles. The number of hydrogen-bond donors (Lipinski definition) is 1. The third kappa shape index (κ3) is 4.09. The van der Waals surface area contributed by atoms with Gasteiger partial charge in [-0.25, -0.2) is 0 Å². The number of rotatable bonds is 5. The Bertz CT molecular complexity index is 605. The summed E-state index contributed by atoms with van der Waals surface area (Å²) in [6.45, 7) is 3.23. The maximum Gasteiger partial charge on any atom is 0.231 e. The van der Waals surface area contributed by atoms with Crippen LogP contribution in [0.3, 0.4) is 0 Å². The van der Waals surface area contributed by atoms with Gasteiger partial charge in [-0.3, -0.25) is 9.69 Å². The zero-order valence-corrected chi connectivity index (χ0v) is 14.8. The average molecular weight is 344 g/mol. The lowest BCUT2D eigenvalue weighted by Gasteiger charge is -2.32. The van der Waals surface area contributed by atoms with E-state index in [2.05, 4.69) is 16.3 Å². The Hall–Kier alpha value is -1.75. The smallest absolute Gasteiger partial charge is 0.231 e. The molecule has 2 fully saturated rings. The van der Waals surface area contributed by atoms with Crippen LogP contribution in [0.15, 0.2) is 18.2 Å². The zero-order valence-electron chi connectivity index (χ0n) is 14.8. The number of ether oxygens (including phenoxy) is 2. The van der Waals surface area contributed by atoms with Crippen molar-refractivity contribution in [3.8, 4) is 11.5 Å². The van der Waals surface area contributed by atoms with E-state index in [0.717, 1.165) is 50.4 Å². The summed E-state index contributed by atoms with van der Waals surface area (Å²) in [6, 6.07) is 6.44.